The zero-order chi connectivity index (χ0) is 12.8. The highest BCUT2D eigenvalue weighted by Gasteiger charge is 2.13. The van der Waals surface area contributed by atoms with E-state index in [1.54, 1.807) is 18.2 Å². The standard InChI is InChI=1S/C15H21NO2/c17-15(18)13-8-3-9-14(11-13)16-10-4-7-12-5-1-2-6-12/h3,8-9,11-12,16H,1-2,4-7,10H2,(H,17,18). The molecule has 1 aliphatic rings. The molecule has 1 fully saturated rings. The number of nitrogens with one attached hydrogen (secondary N) is 1. The Morgan fingerprint density at radius 1 is 1.33 bits per heavy atom. The van der Waals surface area contributed by atoms with Gasteiger partial charge in [0.25, 0.3) is 0 Å². The normalized spacial score (nSPS) is 15.8. The zero-order valence-electron chi connectivity index (χ0n) is 10.7. The van der Waals surface area contributed by atoms with Gasteiger partial charge in [-0.25, -0.2) is 4.79 Å². The Balaban J connectivity index is 1.72. The molecule has 1 aliphatic carbocycles. The van der Waals surface area contributed by atoms with Crippen LogP contribution in [0.15, 0.2) is 24.3 Å². The van der Waals surface area contributed by atoms with Gasteiger partial charge in [0, 0.05) is 12.2 Å². The molecule has 0 bridgehead atoms. The average Bonchev–Trinajstić information content (AvgIpc) is 2.88. The number of anilines is 1. The highest BCUT2D eigenvalue weighted by Crippen LogP contribution is 2.28. The van der Waals surface area contributed by atoms with Crippen molar-refractivity contribution in [3.63, 3.8) is 0 Å². The molecule has 3 nitrogen and oxygen atoms in total. The lowest BCUT2D eigenvalue weighted by Gasteiger charge is -2.10. The van der Waals surface area contributed by atoms with E-state index in [-0.39, 0.29) is 0 Å². The van der Waals surface area contributed by atoms with Crippen LogP contribution in [-0.2, 0) is 0 Å². The van der Waals surface area contributed by atoms with Crippen LogP contribution in [0.4, 0.5) is 5.69 Å². The van der Waals surface area contributed by atoms with E-state index in [0.717, 1.165) is 18.2 Å². The average molecular weight is 247 g/mol. The first kappa shape index (κ1) is 12.9. The molecule has 98 valence electrons. The summed E-state index contributed by atoms with van der Waals surface area (Å²) in [6.07, 6.45) is 8.06. The molecule has 3 heteroatoms. The number of benzene rings is 1. The van der Waals surface area contributed by atoms with Crippen LogP contribution in [0.2, 0.25) is 0 Å². The quantitative estimate of drug-likeness (QED) is 0.752. The Bertz CT molecular complexity index is 397. The van der Waals surface area contributed by atoms with Crippen molar-refractivity contribution >= 4 is 11.7 Å². The fourth-order valence-corrected chi connectivity index (χ4v) is 2.68. The van der Waals surface area contributed by atoms with Crippen LogP contribution in [0.3, 0.4) is 0 Å². The molecule has 0 atom stereocenters. The molecule has 1 aromatic rings. The van der Waals surface area contributed by atoms with Gasteiger partial charge in [0.1, 0.15) is 0 Å². The molecule has 1 aromatic carbocycles. The van der Waals surface area contributed by atoms with E-state index in [1.165, 1.54) is 38.5 Å². The molecular formula is C15H21NO2. The van der Waals surface area contributed by atoms with E-state index in [9.17, 15) is 4.79 Å². The lowest BCUT2D eigenvalue weighted by molar-refractivity contribution is 0.0697. The van der Waals surface area contributed by atoms with Gasteiger partial charge in [-0.3, -0.25) is 0 Å². The van der Waals surface area contributed by atoms with Gasteiger partial charge < -0.3 is 10.4 Å². The summed E-state index contributed by atoms with van der Waals surface area (Å²) >= 11 is 0. The van der Waals surface area contributed by atoms with Crippen molar-refractivity contribution in [2.45, 2.75) is 38.5 Å². The minimum Gasteiger partial charge on any atom is -0.478 e. The minimum atomic E-state index is -0.871. The molecule has 0 radical (unpaired) electrons. The van der Waals surface area contributed by atoms with Crippen molar-refractivity contribution in [2.75, 3.05) is 11.9 Å². The number of hydrogen-bond acceptors (Lipinski definition) is 2. The van der Waals surface area contributed by atoms with Gasteiger partial charge in [-0.1, -0.05) is 31.7 Å². The van der Waals surface area contributed by atoms with Crippen LogP contribution in [0, 0.1) is 5.92 Å². The fourth-order valence-electron chi connectivity index (χ4n) is 2.68. The maximum absolute atomic E-state index is 10.8. The molecule has 18 heavy (non-hydrogen) atoms. The van der Waals surface area contributed by atoms with E-state index in [0.29, 0.717) is 5.56 Å². The van der Waals surface area contributed by atoms with Gasteiger partial charge in [-0.05, 0) is 37.0 Å². The predicted molar refractivity (Wildman–Crippen MR) is 73.1 cm³/mol. The summed E-state index contributed by atoms with van der Waals surface area (Å²) in [5.74, 6) is 0.0572. The molecule has 1 saturated carbocycles. The Morgan fingerprint density at radius 3 is 2.83 bits per heavy atom. The second kappa shape index (κ2) is 6.43. The van der Waals surface area contributed by atoms with Gasteiger partial charge in [0.05, 0.1) is 5.56 Å². The Labute approximate surface area is 108 Å². The van der Waals surface area contributed by atoms with Gasteiger partial charge in [-0.2, -0.15) is 0 Å². The molecule has 0 aromatic heterocycles. The lowest BCUT2D eigenvalue weighted by Crippen LogP contribution is -2.05. The first-order chi connectivity index (χ1) is 8.75. The third kappa shape index (κ3) is 3.76. The first-order valence-electron chi connectivity index (χ1n) is 6.83. The van der Waals surface area contributed by atoms with Crippen molar-refractivity contribution in [2.24, 2.45) is 5.92 Å². The van der Waals surface area contributed by atoms with E-state index >= 15 is 0 Å². The van der Waals surface area contributed by atoms with Crippen LogP contribution in [-0.4, -0.2) is 17.6 Å². The number of rotatable bonds is 6. The van der Waals surface area contributed by atoms with Crippen LogP contribution in [0.1, 0.15) is 48.9 Å². The van der Waals surface area contributed by atoms with Crippen molar-refractivity contribution < 1.29 is 9.90 Å². The number of carboxylic acid groups (broad SMARTS) is 1. The largest absolute Gasteiger partial charge is 0.478 e. The van der Waals surface area contributed by atoms with E-state index in [2.05, 4.69) is 5.32 Å². The Morgan fingerprint density at radius 2 is 2.11 bits per heavy atom. The Kier molecular flexibility index (Phi) is 4.62. The fraction of sp³-hybridized carbons (Fsp3) is 0.533. The maximum Gasteiger partial charge on any atom is 0.335 e. The Hall–Kier alpha value is -1.51. The van der Waals surface area contributed by atoms with E-state index < -0.39 is 5.97 Å². The zero-order valence-corrected chi connectivity index (χ0v) is 10.7. The monoisotopic (exact) mass is 247 g/mol. The number of carboxylic acids is 1. The molecule has 0 heterocycles. The van der Waals surface area contributed by atoms with Crippen LogP contribution in [0.25, 0.3) is 0 Å². The molecule has 0 saturated heterocycles. The van der Waals surface area contributed by atoms with Crippen LogP contribution >= 0.6 is 0 Å². The second-order valence-corrected chi connectivity index (χ2v) is 5.11. The minimum absolute atomic E-state index is 0.343. The predicted octanol–water partition coefficient (Wildman–Crippen LogP) is 3.77. The van der Waals surface area contributed by atoms with Gasteiger partial charge >= 0.3 is 5.97 Å². The van der Waals surface area contributed by atoms with Crippen molar-refractivity contribution in [1.82, 2.24) is 0 Å². The van der Waals surface area contributed by atoms with E-state index in [1.807, 2.05) is 6.07 Å². The molecular weight excluding hydrogens is 226 g/mol. The van der Waals surface area contributed by atoms with E-state index in [4.69, 9.17) is 5.11 Å². The molecule has 0 unspecified atom stereocenters. The second-order valence-electron chi connectivity index (χ2n) is 5.11. The lowest BCUT2D eigenvalue weighted by atomic mass is 10.0. The molecule has 0 amide bonds. The topological polar surface area (TPSA) is 49.3 Å². The summed E-state index contributed by atoms with van der Waals surface area (Å²) in [4.78, 5) is 10.8. The number of hydrogen-bond donors (Lipinski definition) is 2. The molecule has 2 rings (SSSR count). The van der Waals surface area contributed by atoms with Crippen molar-refractivity contribution in [3.8, 4) is 0 Å². The van der Waals surface area contributed by atoms with Gasteiger partial charge in [-0.15, -0.1) is 0 Å². The summed E-state index contributed by atoms with van der Waals surface area (Å²) in [5, 5.41) is 12.2. The highest BCUT2D eigenvalue weighted by molar-refractivity contribution is 5.88. The summed E-state index contributed by atoms with van der Waals surface area (Å²) in [7, 11) is 0. The summed E-state index contributed by atoms with van der Waals surface area (Å²) in [6, 6.07) is 7.01. The van der Waals surface area contributed by atoms with Crippen LogP contribution in [0.5, 0.6) is 0 Å². The third-order valence-electron chi connectivity index (χ3n) is 3.70. The summed E-state index contributed by atoms with van der Waals surface area (Å²) in [5.41, 5.74) is 1.25. The highest BCUT2D eigenvalue weighted by atomic mass is 16.4. The molecule has 0 spiro atoms. The maximum atomic E-state index is 10.8. The number of aromatic carboxylic acids is 1. The first-order valence-corrected chi connectivity index (χ1v) is 6.83. The summed E-state index contributed by atoms with van der Waals surface area (Å²) in [6.45, 7) is 0.930. The van der Waals surface area contributed by atoms with Gasteiger partial charge in [0.2, 0.25) is 0 Å². The number of carbonyl (C=O) groups is 1. The summed E-state index contributed by atoms with van der Waals surface area (Å²) < 4.78 is 0. The van der Waals surface area contributed by atoms with Crippen molar-refractivity contribution in [1.29, 1.82) is 0 Å². The molecule has 2 N–H and O–H groups in total. The van der Waals surface area contributed by atoms with Gasteiger partial charge in [0.15, 0.2) is 0 Å². The SMILES string of the molecule is O=C(O)c1cccc(NCCCC2CCCC2)c1. The third-order valence-corrected chi connectivity index (χ3v) is 3.70. The molecule has 0 aliphatic heterocycles. The smallest absolute Gasteiger partial charge is 0.335 e. The van der Waals surface area contributed by atoms with Crippen molar-refractivity contribution in [3.05, 3.63) is 29.8 Å². The van der Waals surface area contributed by atoms with Crippen LogP contribution < -0.4 is 5.32 Å².